The van der Waals surface area contributed by atoms with Crippen LogP contribution in [0.3, 0.4) is 0 Å². The first-order valence-electron chi connectivity index (χ1n) is 4.82. The number of hydrogen-bond donors (Lipinski definition) is 2. The van der Waals surface area contributed by atoms with Gasteiger partial charge in [-0.3, -0.25) is 4.79 Å². The molecule has 0 radical (unpaired) electrons. The smallest absolute Gasteiger partial charge is 0.239 e. The van der Waals surface area contributed by atoms with Crippen molar-refractivity contribution in [3.05, 3.63) is 23.8 Å². The van der Waals surface area contributed by atoms with Crippen LogP contribution in [0.25, 0.3) is 0 Å². The van der Waals surface area contributed by atoms with Crippen LogP contribution in [0.1, 0.15) is 5.56 Å². The number of amides is 1. The van der Waals surface area contributed by atoms with Crippen molar-refractivity contribution in [2.24, 2.45) is 0 Å². The van der Waals surface area contributed by atoms with Crippen LogP contribution in [-0.2, 0) is 4.79 Å². The maximum atomic E-state index is 11.2. The zero-order valence-electron chi connectivity index (χ0n) is 9.37. The van der Waals surface area contributed by atoms with Crippen LogP contribution in [-0.4, -0.2) is 26.5 Å². The molecule has 0 saturated heterocycles. The molecule has 0 bridgehead atoms. The Hall–Kier alpha value is -1.71. The number of hydrogen-bond acceptors (Lipinski definition) is 3. The van der Waals surface area contributed by atoms with Crippen molar-refractivity contribution >= 4 is 17.3 Å². The van der Waals surface area contributed by atoms with Gasteiger partial charge in [0, 0.05) is 14.1 Å². The number of nitrogens with two attached hydrogens (primary N) is 1. The fourth-order valence-electron chi connectivity index (χ4n) is 1.40. The van der Waals surface area contributed by atoms with Crippen molar-refractivity contribution in [3.8, 4) is 0 Å². The molecule has 1 amide bonds. The van der Waals surface area contributed by atoms with E-state index < -0.39 is 0 Å². The minimum atomic E-state index is -0.0301. The summed E-state index contributed by atoms with van der Waals surface area (Å²) in [6, 6.07) is 5.80. The Bertz CT molecular complexity index is 363. The van der Waals surface area contributed by atoms with Gasteiger partial charge in [0.05, 0.1) is 17.9 Å². The Morgan fingerprint density at radius 1 is 1.53 bits per heavy atom. The van der Waals surface area contributed by atoms with E-state index in [0.717, 1.165) is 11.3 Å². The van der Waals surface area contributed by atoms with Crippen LogP contribution in [0.4, 0.5) is 11.4 Å². The third kappa shape index (κ3) is 2.87. The predicted molar refractivity (Wildman–Crippen MR) is 62.9 cm³/mol. The number of nitrogen functional groups attached to an aromatic ring is 1. The van der Waals surface area contributed by atoms with E-state index in [1.807, 2.05) is 37.1 Å². The molecule has 0 aromatic heterocycles. The summed E-state index contributed by atoms with van der Waals surface area (Å²) in [6.07, 6.45) is 0. The average Bonchev–Trinajstić information content (AvgIpc) is 2.17. The molecule has 0 aliphatic rings. The van der Waals surface area contributed by atoms with Gasteiger partial charge in [-0.05, 0) is 24.6 Å². The first kappa shape index (κ1) is 11.4. The fourth-order valence-corrected chi connectivity index (χ4v) is 1.40. The van der Waals surface area contributed by atoms with Crippen LogP contribution >= 0.6 is 0 Å². The van der Waals surface area contributed by atoms with Crippen molar-refractivity contribution in [2.45, 2.75) is 6.92 Å². The Morgan fingerprint density at radius 3 is 2.73 bits per heavy atom. The molecule has 0 aliphatic carbocycles. The number of nitrogens with zero attached hydrogens (tertiary/aromatic N) is 1. The van der Waals surface area contributed by atoms with Crippen LogP contribution in [0.2, 0.25) is 0 Å². The molecule has 0 unspecified atom stereocenters. The Balaban J connectivity index is 2.82. The molecule has 1 aromatic rings. The number of benzene rings is 1. The van der Waals surface area contributed by atoms with Crippen LogP contribution < -0.4 is 16.0 Å². The number of nitrogens with one attached hydrogen (secondary N) is 1. The molecule has 15 heavy (non-hydrogen) atoms. The van der Waals surface area contributed by atoms with E-state index in [9.17, 15) is 4.79 Å². The lowest BCUT2D eigenvalue weighted by Gasteiger charge is -2.20. The molecule has 4 nitrogen and oxygen atoms in total. The molecule has 82 valence electrons. The molecule has 3 N–H and O–H groups in total. The second kappa shape index (κ2) is 4.68. The standard InChI is InChI=1S/C11H17N3O/c1-8-4-5-10(9(12)6-8)14(3)7-11(15)13-2/h4-6H,7,12H2,1-3H3,(H,13,15). The van der Waals surface area contributed by atoms with E-state index in [0.29, 0.717) is 12.2 Å². The van der Waals surface area contributed by atoms with Crippen molar-refractivity contribution < 1.29 is 4.79 Å². The van der Waals surface area contributed by atoms with Gasteiger partial charge < -0.3 is 16.0 Å². The summed E-state index contributed by atoms with van der Waals surface area (Å²) in [7, 11) is 3.46. The lowest BCUT2D eigenvalue weighted by atomic mass is 10.2. The molecule has 0 fully saturated rings. The first-order chi connectivity index (χ1) is 7.04. The van der Waals surface area contributed by atoms with E-state index in [1.54, 1.807) is 7.05 Å². The third-order valence-electron chi connectivity index (χ3n) is 2.25. The van der Waals surface area contributed by atoms with Gasteiger partial charge in [0.1, 0.15) is 0 Å². The Kier molecular flexibility index (Phi) is 3.55. The summed E-state index contributed by atoms with van der Waals surface area (Å²) >= 11 is 0. The second-order valence-corrected chi connectivity index (χ2v) is 3.59. The molecule has 0 aliphatic heterocycles. The van der Waals surface area contributed by atoms with Gasteiger partial charge in [0.2, 0.25) is 5.91 Å². The van der Waals surface area contributed by atoms with Gasteiger partial charge in [-0.1, -0.05) is 6.07 Å². The second-order valence-electron chi connectivity index (χ2n) is 3.59. The van der Waals surface area contributed by atoms with Crippen LogP contribution in [0.5, 0.6) is 0 Å². The molecular formula is C11H17N3O. The molecule has 0 spiro atoms. The maximum Gasteiger partial charge on any atom is 0.239 e. The first-order valence-corrected chi connectivity index (χ1v) is 4.82. The molecule has 0 saturated carbocycles. The van der Waals surface area contributed by atoms with Crippen molar-refractivity contribution in [2.75, 3.05) is 31.3 Å². The fraction of sp³-hybridized carbons (Fsp3) is 0.364. The summed E-state index contributed by atoms with van der Waals surface area (Å²) in [5.74, 6) is -0.0301. The number of likely N-dealkylation sites (N-methyl/N-ethyl adjacent to an activating group) is 2. The monoisotopic (exact) mass is 207 g/mol. The highest BCUT2D eigenvalue weighted by atomic mass is 16.1. The summed E-state index contributed by atoms with van der Waals surface area (Å²) in [5.41, 5.74) is 8.56. The number of carbonyl (C=O) groups is 1. The van der Waals surface area contributed by atoms with Crippen LogP contribution in [0, 0.1) is 6.92 Å². The summed E-state index contributed by atoms with van der Waals surface area (Å²) in [6.45, 7) is 2.29. The molecule has 0 heterocycles. The highest BCUT2D eigenvalue weighted by Crippen LogP contribution is 2.22. The van der Waals surface area contributed by atoms with Crippen molar-refractivity contribution in [1.29, 1.82) is 0 Å². The molecular weight excluding hydrogens is 190 g/mol. The molecule has 0 atom stereocenters. The zero-order chi connectivity index (χ0) is 11.4. The molecule has 1 rings (SSSR count). The van der Waals surface area contributed by atoms with E-state index in [2.05, 4.69) is 5.32 Å². The summed E-state index contributed by atoms with van der Waals surface area (Å²) < 4.78 is 0. The third-order valence-corrected chi connectivity index (χ3v) is 2.25. The highest BCUT2D eigenvalue weighted by molar-refractivity contribution is 5.82. The van der Waals surface area contributed by atoms with Gasteiger partial charge in [-0.25, -0.2) is 0 Å². The van der Waals surface area contributed by atoms with Gasteiger partial charge in [-0.2, -0.15) is 0 Å². The van der Waals surface area contributed by atoms with Gasteiger partial charge in [0.25, 0.3) is 0 Å². The Morgan fingerprint density at radius 2 is 2.20 bits per heavy atom. The number of anilines is 2. The SMILES string of the molecule is CNC(=O)CN(C)c1ccc(C)cc1N. The average molecular weight is 207 g/mol. The van der Waals surface area contributed by atoms with E-state index in [4.69, 9.17) is 5.73 Å². The van der Waals surface area contributed by atoms with Crippen molar-refractivity contribution in [1.82, 2.24) is 5.32 Å². The van der Waals surface area contributed by atoms with Crippen LogP contribution in [0.15, 0.2) is 18.2 Å². The largest absolute Gasteiger partial charge is 0.397 e. The van der Waals surface area contributed by atoms with E-state index >= 15 is 0 Å². The normalized spacial score (nSPS) is 9.80. The Labute approximate surface area is 90.1 Å². The summed E-state index contributed by atoms with van der Waals surface area (Å²) in [5, 5.41) is 2.58. The zero-order valence-corrected chi connectivity index (χ0v) is 9.37. The van der Waals surface area contributed by atoms with E-state index in [-0.39, 0.29) is 5.91 Å². The number of aryl methyl sites for hydroxylation is 1. The minimum Gasteiger partial charge on any atom is -0.397 e. The lowest BCUT2D eigenvalue weighted by molar-refractivity contribution is -0.119. The molecule has 1 aromatic carbocycles. The summed E-state index contributed by atoms with van der Waals surface area (Å²) in [4.78, 5) is 13.0. The number of rotatable bonds is 3. The maximum absolute atomic E-state index is 11.2. The topological polar surface area (TPSA) is 58.4 Å². The van der Waals surface area contributed by atoms with Gasteiger partial charge >= 0.3 is 0 Å². The van der Waals surface area contributed by atoms with E-state index in [1.165, 1.54) is 0 Å². The minimum absolute atomic E-state index is 0.0301. The van der Waals surface area contributed by atoms with Crippen molar-refractivity contribution in [3.63, 3.8) is 0 Å². The molecule has 4 heteroatoms. The highest BCUT2D eigenvalue weighted by Gasteiger charge is 2.08. The lowest BCUT2D eigenvalue weighted by Crippen LogP contribution is -2.33. The van der Waals surface area contributed by atoms with Gasteiger partial charge in [-0.15, -0.1) is 0 Å². The quantitative estimate of drug-likeness (QED) is 0.719. The predicted octanol–water partition coefficient (Wildman–Crippen LogP) is 0.759. The number of carbonyl (C=O) groups excluding carboxylic acids is 1. The van der Waals surface area contributed by atoms with Gasteiger partial charge in [0.15, 0.2) is 0 Å².